The van der Waals surface area contributed by atoms with E-state index in [9.17, 15) is 5.26 Å². The Labute approximate surface area is 127 Å². The number of hydrogen-bond acceptors (Lipinski definition) is 7. The molecule has 2 unspecified atom stereocenters. The summed E-state index contributed by atoms with van der Waals surface area (Å²) >= 11 is 10.4. The van der Waals surface area contributed by atoms with Crippen molar-refractivity contribution < 1.29 is 4.74 Å². The topological polar surface area (TPSA) is 74.1 Å². The molecule has 3 heterocycles. The van der Waals surface area contributed by atoms with Crippen molar-refractivity contribution in [3.63, 3.8) is 0 Å². The number of anilines is 2. The highest BCUT2D eigenvalue weighted by atomic mass is 35.5. The molecule has 8 heteroatoms. The molecule has 0 amide bonds. The van der Waals surface area contributed by atoms with Crippen molar-refractivity contribution in [3.05, 3.63) is 11.5 Å². The first-order valence-corrected chi connectivity index (χ1v) is 7.31. The summed E-state index contributed by atoms with van der Waals surface area (Å²) in [4.78, 5) is 10.1. The zero-order chi connectivity index (χ0) is 14.2. The summed E-state index contributed by atoms with van der Waals surface area (Å²) in [5.74, 6) is 0.633. The molecule has 0 saturated carbocycles. The van der Waals surface area contributed by atoms with Crippen molar-refractivity contribution in [3.8, 4) is 6.07 Å². The van der Waals surface area contributed by atoms with Gasteiger partial charge in [0, 0.05) is 19.6 Å². The van der Waals surface area contributed by atoms with Crippen LogP contribution in [0.1, 0.15) is 19.3 Å². The Bertz CT molecular complexity index is 555. The third kappa shape index (κ3) is 2.18. The number of fused-ring (bicyclic) bond motifs is 1. The van der Waals surface area contributed by atoms with Gasteiger partial charge in [0.1, 0.15) is 11.0 Å². The number of rotatable bonds is 1. The van der Waals surface area contributed by atoms with E-state index in [4.69, 9.17) is 16.3 Å². The van der Waals surface area contributed by atoms with Crippen LogP contribution < -0.4 is 10.2 Å². The molecule has 2 atom stereocenters. The molecule has 1 aromatic heterocycles. The Balaban J connectivity index is 2.04. The van der Waals surface area contributed by atoms with E-state index in [0.717, 1.165) is 12.1 Å². The molecule has 0 aromatic carbocycles. The van der Waals surface area contributed by atoms with Crippen molar-refractivity contribution in [2.24, 2.45) is 0 Å². The predicted molar refractivity (Wildman–Crippen MR) is 78.9 cm³/mol. The standard InChI is InChI=1S/C12H14ClN5OS/c13-10-15-6-8-9(17-10)18(11(20)16-8)12(7-14)2-1-4-19-5-3-12/h6,11,16,20H,1-5H2. The van der Waals surface area contributed by atoms with Gasteiger partial charge in [0.2, 0.25) is 5.28 Å². The van der Waals surface area contributed by atoms with E-state index >= 15 is 0 Å². The molecule has 1 aromatic rings. The maximum Gasteiger partial charge on any atom is 0.224 e. The number of nitrogens with zero attached hydrogens (tertiary/aromatic N) is 4. The largest absolute Gasteiger partial charge is 0.381 e. The molecule has 2 aliphatic rings. The second-order valence-corrected chi connectivity index (χ2v) is 5.70. The summed E-state index contributed by atoms with van der Waals surface area (Å²) in [6.45, 7) is 1.23. The van der Waals surface area contributed by atoms with E-state index in [-0.39, 0.29) is 10.8 Å². The first-order chi connectivity index (χ1) is 9.66. The monoisotopic (exact) mass is 311 g/mol. The molecular formula is C12H14ClN5OS. The van der Waals surface area contributed by atoms with Crippen LogP contribution in [0.15, 0.2) is 6.20 Å². The van der Waals surface area contributed by atoms with Gasteiger partial charge in [0.05, 0.1) is 18.0 Å². The lowest BCUT2D eigenvalue weighted by Crippen LogP contribution is -2.51. The average Bonchev–Trinajstić information content (AvgIpc) is 2.63. The molecule has 3 rings (SSSR count). The van der Waals surface area contributed by atoms with Crippen LogP contribution in [0.4, 0.5) is 11.5 Å². The maximum absolute atomic E-state index is 9.75. The van der Waals surface area contributed by atoms with Gasteiger partial charge in [-0.15, -0.1) is 12.6 Å². The van der Waals surface area contributed by atoms with Crippen LogP contribution in [0.5, 0.6) is 0 Å². The molecule has 20 heavy (non-hydrogen) atoms. The lowest BCUT2D eigenvalue weighted by molar-refractivity contribution is 0.141. The summed E-state index contributed by atoms with van der Waals surface area (Å²) in [6, 6.07) is 2.44. The molecule has 6 nitrogen and oxygen atoms in total. The van der Waals surface area contributed by atoms with Gasteiger partial charge in [-0.25, -0.2) is 4.98 Å². The third-order valence-electron chi connectivity index (χ3n) is 3.70. The molecule has 106 valence electrons. The minimum Gasteiger partial charge on any atom is -0.381 e. The molecular weight excluding hydrogens is 298 g/mol. The first kappa shape index (κ1) is 13.7. The van der Waals surface area contributed by atoms with Crippen molar-refractivity contribution in [2.45, 2.75) is 30.3 Å². The third-order valence-corrected chi connectivity index (χ3v) is 4.25. The van der Waals surface area contributed by atoms with Crippen LogP contribution in [-0.4, -0.2) is 34.2 Å². The second kappa shape index (κ2) is 5.28. The second-order valence-electron chi connectivity index (χ2n) is 4.87. The number of thiol groups is 1. The average molecular weight is 312 g/mol. The van der Waals surface area contributed by atoms with E-state index in [0.29, 0.717) is 31.9 Å². The first-order valence-electron chi connectivity index (χ1n) is 6.42. The Kier molecular flexibility index (Phi) is 3.63. The normalized spacial score (nSPS) is 29.2. The molecule has 1 fully saturated rings. The van der Waals surface area contributed by atoms with Crippen molar-refractivity contribution in [1.82, 2.24) is 9.97 Å². The summed E-state index contributed by atoms with van der Waals surface area (Å²) in [7, 11) is 0. The Morgan fingerprint density at radius 2 is 2.40 bits per heavy atom. The van der Waals surface area contributed by atoms with Crippen LogP contribution in [-0.2, 0) is 4.74 Å². The molecule has 1 saturated heterocycles. The van der Waals surface area contributed by atoms with E-state index in [1.165, 1.54) is 0 Å². The van der Waals surface area contributed by atoms with Crippen LogP contribution in [0.3, 0.4) is 0 Å². The van der Waals surface area contributed by atoms with Crippen molar-refractivity contribution in [2.75, 3.05) is 23.4 Å². The highest BCUT2D eigenvalue weighted by Gasteiger charge is 2.45. The predicted octanol–water partition coefficient (Wildman–Crippen LogP) is 2.04. The van der Waals surface area contributed by atoms with Crippen LogP contribution in [0, 0.1) is 11.3 Å². The molecule has 0 spiro atoms. The van der Waals surface area contributed by atoms with Gasteiger partial charge in [0.25, 0.3) is 0 Å². The zero-order valence-corrected chi connectivity index (χ0v) is 12.4. The zero-order valence-electron chi connectivity index (χ0n) is 10.7. The van der Waals surface area contributed by atoms with Crippen LogP contribution in [0.2, 0.25) is 5.28 Å². The summed E-state index contributed by atoms with van der Waals surface area (Å²) in [5, 5.41) is 13.1. The van der Waals surface area contributed by atoms with Gasteiger partial charge in [-0.1, -0.05) is 0 Å². The van der Waals surface area contributed by atoms with Crippen molar-refractivity contribution in [1.29, 1.82) is 5.26 Å². The Hall–Kier alpha value is -1.23. The Morgan fingerprint density at radius 1 is 1.55 bits per heavy atom. The Morgan fingerprint density at radius 3 is 3.20 bits per heavy atom. The van der Waals surface area contributed by atoms with Gasteiger partial charge >= 0.3 is 0 Å². The van der Waals surface area contributed by atoms with Gasteiger partial charge in [-0.3, -0.25) is 0 Å². The molecule has 1 N–H and O–H groups in total. The SMILES string of the molecule is N#CC1(N2c3nc(Cl)ncc3NC2S)CCCOCC1. The molecule has 0 bridgehead atoms. The number of halogens is 1. The van der Waals surface area contributed by atoms with Gasteiger partial charge < -0.3 is 15.0 Å². The lowest BCUT2D eigenvalue weighted by atomic mass is 9.90. The van der Waals surface area contributed by atoms with E-state index in [2.05, 4.69) is 34.0 Å². The van der Waals surface area contributed by atoms with Gasteiger partial charge in [-0.2, -0.15) is 10.2 Å². The summed E-state index contributed by atoms with van der Waals surface area (Å²) in [5.41, 5.74) is -0.261. The highest BCUT2D eigenvalue weighted by Crippen LogP contribution is 2.42. The minimum absolute atomic E-state index is 0.163. The van der Waals surface area contributed by atoms with E-state index in [1.54, 1.807) is 6.20 Å². The fraction of sp³-hybridized carbons (Fsp3) is 0.583. The maximum atomic E-state index is 9.75. The fourth-order valence-electron chi connectivity index (χ4n) is 2.74. The number of aromatic nitrogens is 2. The fourth-order valence-corrected chi connectivity index (χ4v) is 3.33. The van der Waals surface area contributed by atoms with Gasteiger partial charge in [0.15, 0.2) is 5.82 Å². The van der Waals surface area contributed by atoms with Crippen LogP contribution in [0.25, 0.3) is 0 Å². The highest BCUT2D eigenvalue weighted by molar-refractivity contribution is 7.81. The quantitative estimate of drug-likeness (QED) is 0.611. The smallest absolute Gasteiger partial charge is 0.224 e. The molecule has 0 radical (unpaired) electrons. The number of nitrogens with one attached hydrogen (secondary N) is 1. The summed E-state index contributed by atoms with van der Waals surface area (Å²) in [6.07, 6.45) is 3.78. The minimum atomic E-state index is -0.682. The van der Waals surface area contributed by atoms with E-state index in [1.807, 2.05) is 4.90 Å². The van der Waals surface area contributed by atoms with Gasteiger partial charge in [-0.05, 0) is 24.4 Å². The molecule has 0 aliphatic carbocycles. The number of nitriles is 1. The van der Waals surface area contributed by atoms with Crippen LogP contribution >= 0.6 is 24.2 Å². The van der Waals surface area contributed by atoms with Crippen molar-refractivity contribution >= 4 is 35.7 Å². The number of hydrogen-bond donors (Lipinski definition) is 2. The molecule has 2 aliphatic heterocycles. The number of ether oxygens (including phenoxy) is 1. The lowest BCUT2D eigenvalue weighted by Gasteiger charge is -2.38. The summed E-state index contributed by atoms with van der Waals surface area (Å²) < 4.78 is 5.48. The van der Waals surface area contributed by atoms with E-state index < -0.39 is 5.54 Å².